The SMILES string of the molecule is CCOC(=O)CS(=O)(=O)N(CC(=O)O)C1CCCC1. The summed E-state index contributed by atoms with van der Waals surface area (Å²) in [6, 6.07) is -0.324. The molecule has 8 heteroatoms. The minimum Gasteiger partial charge on any atom is -0.480 e. The zero-order chi connectivity index (χ0) is 14.5. The minimum atomic E-state index is -3.94. The van der Waals surface area contributed by atoms with Gasteiger partial charge in [-0.1, -0.05) is 12.8 Å². The van der Waals surface area contributed by atoms with Gasteiger partial charge in [0.25, 0.3) is 0 Å². The lowest BCUT2D eigenvalue weighted by atomic mass is 10.2. The first kappa shape index (κ1) is 15.9. The van der Waals surface area contributed by atoms with Gasteiger partial charge in [-0.3, -0.25) is 9.59 Å². The fourth-order valence-corrected chi connectivity index (χ4v) is 3.73. The number of carboxylic acid groups (broad SMARTS) is 1. The van der Waals surface area contributed by atoms with E-state index in [1.54, 1.807) is 6.92 Å². The molecule has 0 spiro atoms. The summed E-state index contributed by atoms with van der Waals surface area (Å²) >= 11 is 0. The Morgan fingerprint density at radius 3 is 2.37 bits per heavy atom. The quantitative estimate of drug-likeness (QED) is 0.673. The van der Waals surface area contributed by atoms with Gasteiger partial charge in [-0.05, 0) is 19.8 Å². The van der Waals surface area contributed by atoms with E-state index >= 15 is 0 Å². The van der Waals surface area contributed by atoms with Crippen LogP contribution in [-0.4, -0.2) is 54.7 Å². The molecule has 0 atom stereocenters. The number of rotatable bonds is 7. The molecule has 0 radical (unpaired) electrons. The summed E-state index contributed by atoms with van der Waals surface area (Å²) < 4.78 is 29.7. The standard InChI is InChI=1S/C11H19NO6S/c1-2-18-11(15)8-19(16,17)12(7-10(13)14)9-5-3-4-6-9/h9H,2-8H2,1H3,(H,13,14). The summed E-state index contributed by atoms with van der Waals surface area (Å²) in [6.07, 6.45) is 3.01. The highest BCUT2D eigenvalue weighted by Gasteiger charge is 2.35. The molecule has 1 aliphatic carbocycles. The Labute approximate surface area is 112 Å². The number of nitrogens with zero attached hydrogens (tertiary/aromatic N) is 1. The van der Waals surface area contributed by atoms with Crippen molar-refractivity contribution < 1.29 is 27.9 Å². The number of sulfonamides is 1. The molecule has 0 aromatic heterocycles. The molecule has 0 aromatic rings. The fourth-order valence-electron chi connectivity index (χ4n) is 2.21. The topological polar surface area (TPSA) is 101 Å². The van der Waals surface area contributed by atoms with Crippen LogP contribution in [0.5, 0.6) is 0 Å². The minimum absolute atomic E-state index is 0.0940. The van der Waals surface area contributed by atoms with Crippen molar-refractivity contribution in [1.29, 1.82) is 0 Å². The molecule has 1 rings (SSSR count). The maximum absolute atomic E-state index is 12.1. The molecular formula is C11H19NO6S. The lowest BCUT2D eigenvalue weighted by Gasteiger charge is -2.25. The lowest BCUT2D eigenvalue weighted by Crippen LogP contribution is -2.44. The molecule has 0 amide bonds. The summed E-state index contributed by atoms with van der Waals surface area (Å²) in [5.74, 6) is -2.87. The lowest BCUT2D eigenvalue weighted by molar-refractivity contribution is -0.140. The number of carboxylic acids is 1. The highest BCUT2D eigenvalue weighted by Crippen LogP contribution is 2.25. The van der Waals surface area contributed by atoms with Crippen LogP contribution in [0, 0.1) is 0 Å². The van der Waals surface area contributed by atoms with Gasteiger partial charge in [0.2, 0.25) is 10.0 Å². The first-order chi connectivity index (χ1) is 8.86. The van der Waals surface area contributed by atoms with Crippen LogP contribution in [0.4, 0.5) is 0 Å². The van der Waals surface area contributed by atoms with Crippen LogP contribution in [0.3, 0.4) is 0 Å². The normalized spacial score (nSPS) is 16.7. The highest BCUT2D eigenvalue weighted by molar-refractivity contribution is 7.89. The van der Waals surface area contributed by atoms with Crippen LogP contribution >= 0.6 is 0 Å². The van der Waals surface area contributed by atoms with E-state index in [0.717, 1.165) is 17.1 Å². The Hall–Kier alpha value is -1.15. The Kier molecular flexibility index (Phi) is 5.74. The molecule has 110 valence electrons. The van der Waals surface area contributed by atoms with E-state index in [0.29, 0.717) is 12.8 Å². The zero-order valence-corrected chi connectivity index (χ0v) is 11.7. The number of esters is 1. The number of carbonyl (C=O) groups is 2. The molecule has 0 saturated heterocycles. The number of hydrogen-bond acceptors (Lipinski definition) is 5. The molecule has 0 bridgehead atoms. The van der Waals surface area contributed by atoms with Gasteiger partial charge < -0.3 is 9.84 Å². The van der Waals surface area contributed by atoms with Gasteiger partial charge >= 0.3 is 11.9 Å². The summed E-state index contributed by atoms with van der Waals surface area (Å²) in [6.45, 7) is 1.07. The van der Waals surface area contributed by atoms with E-state index in [2.05, 4.69) is 4.74 Å². The molecule has 1 aliphatic rings. The smallest absolute Gasteiger partial charge is 0.322 e. The summed E-state index contributed by atoms with van der Waals surface area (Å²) in [5, 5.41) is 8.82. The van der Waals surface area contributed by atoms with Crippen molar-refractivity contribution in [2.45, 2.75) is 38.6 Å². The first-order valence-electron chi connectivity index (χ1n) is 6.23. The molecule has 1 saturated carbocycles. The number of carbonyl (C=O) groups excluding carboxylic acids is 1. The van der Waals surface area contributed by atoms with E-state index in [4.69, 9.17) is 5.11 Å². The summed E-state index contributed by atoms with van der Waals surface area (Å²) in [4.78, 5) is 22.1. The van der Waals surface area contributed by atoms with Crippen molar-refractivity contribution in [3.8, 4) is 0 Å². The van der Waals surface area contributed by atoms with E-state index in [1.165, 1.54) is 0 Å². The summed E-state index contributed by atoms with van der Waals surface area (Å²) in [5.41, 5.74) is 0. The largest absolute Gasteiger partial charge is 0.480 e. The maximum Gasteiger partial charge on any atom is 0.322 e. The van der Waals surface area contributed by atoms with Gasteiger partial charge in [-0.2, -0.15) is 4.31 Å². The van der Waals surface area contributed by atoms with Crippen molar-refractivity contribution in [3.05, 3.63) is 0 Å². The van der Waals surface area contributed by atoms with Crippen molar-refractivity contribution in [1.82, 2.24) is 4.31 Å². The molecule has 19 heavy (non-hydrogen) atoms. The van der Waals surface area contributed by atoms with E-state index in [9.17, 15) is 18.0 Å². The van der Waals surface area contributed by atoms with Crippen LogP contribution in [0.2, 0.25) is 0 Å². The Morgan fingerprint density at radius 2 is 1.89 bits per heavy atom. The second-order valence-electron chi connectivity index (χ2n) is 4.44. The van der Waals surface area contributed by atoms with Gasteiger partial charge in [0.05, 0.1) is 6.61 Å². The van der Waals surface area contributed by atoms with Crippen LogP contribution in [0.15, 0.2) is 0 Å². The number of hydrogen-bond donors (Lipinski definition) is 1. The predicted molar refractivity (Wildman–Crippen MR) is 67.0 cm³/mol. The third kappa shape index (κ3) is 4.79. The monoisotopic (exact) mass is 293 g/mol. The van der Waals surface area contributed by atoms with Gasteiger partial charge in [0.1, 0.15) is 6.54 Å². The third-order valence-electron chi connectivity index (χ3n) is 2.99. The number of ether oxygens (including phenoxy) is 1. The van der Waals surface area contributed by atoms with Crippen LogP contribution in [-0.2, 0) is 24.3 Å². The van der Waals surface area contributed by atoms with Crippen molar-refractivity contribution in [3.63, 3.8) is 0 Å². The third-order valence-corrected chi connectivity index (χ3v) is 4.73. The van der Waals surface area contributed by atoms with E-state index in [1.807, 2.05) is 0 Å². The number of aliphatic carboxylic acids is 1. The molecule has 0 heterocycles. The van der Waals surface area contributed by atoms with Crippen LogP contribution in [0.25, 0.3) is 0 Å². The molecule has 0 aliphatic heterocycles. The van der Waals surface area contributed by atoms with Crippen LogP contribution < -0.4 is 0 Å². The summed E-state index contributed by atoms with van der Waals surface area (Å²) in [7, 11) is -3.94. The molecule has 1 fully saturated rings. The first-order valence-corrected chi connectivity index (χ1v) is 7.84. The average Bonchev–Trinajstić information content (AvgIpc) is 2.77. The molecule has 7 nitrogen and oxygen atoms in total. The molecular weight excluding hydrogens is 274 g/mol. The Balaban J connectivity index is 2.82. The van der Waals surface area contributed by atoms with Crippen molar-refractivity contribution in [2.24, 2.45) is 0 Å². The molecule has 1 N–H and O–H groups in total. The van der Waals surface area contributed by atoms with E-state index in [-0.39, 0.29) is 12.6 Å². The van der Waals surface area contributed by atoms with Gasteiger partial charge in [-0.25, -0.2) is 8.42 Å². The zero-order valence-electron chi connectivity index (χ0n) is 10.9. The highest BCUT2D eigenvalue weighted by atomic mass is 32.2. The fraction of sp³-hybridized carbons (Fsp3) is 0.818. The van der Waals surface area contributed by atoms with Gasteiger partial charge in [-0.15, -0.1) is 0 Å². The molecule has 0 unspecified atom stereocenters. The molecule has 0 aromatic carbocycles. The van der Waals surface area contributed by atoms with Gasteiger partial charge in [0, 0.05) is 6.04 Å². The van der Waals surface area contributed by atoms with Crippen LogP contribution in [0.1, 0.15) is 32.6 Å². The van der Waals surface area contributed by atoms with E-state index < -0.39 is 34.3 Å². The maximum atomic E-state index is 12.1. The second kappa shape index (κ2) is 6.85. The Bertz CT molecular complexity index is 426. The second-order valence-corrected chi connectivity index (χ2v) is 6.36. The average molecular weight is 293 g/mol. The Morgan fingerprint density at radius 1 is 1.32 bits per heavy atom. The predicted octanol–water partition coefficient (Wildman–Crippen LogP) is 0.208. The van der Waals surface area contributed by atoms with Crippen molar-refractivity contribution in [2.75, 3.05) is 18.9 Å². The van der Waals surface area contributed by atoms with Crippen molar-refractivity contribution >= 4 is 22.0 Å². The van der Waals surface area contributed by atoms with Gasteiger partial charge in [0.15, 0.2) is 5.75 Å².